The fraction of sp³-hybridized carbons (Fsp3) is 0.320. The standard InChI is InChI=1S/C25H27N7O3/c1-17-6-7-18(15-19(17)27-25(34)20-16-26-21-5-3-4-10-32(20)21)24-28-22(35-29-24)8-9-23(33)31-13-11-30(2)12-14-31/h3-7,10,15-16H,8-9,11-14H2,1-2H3,(H,27,34). The van der Waals surface area contributed by atoms with Gasteiger partial charge in [0.25, 0.3) is 5.91 Å². The first-order valence-corrected chi connectivity index (χ1v) is 11.6. The Morgan fingerprint density at radius 3 is 2.77 bits per heavy atom. The van der Waals surface area contributed by atoms with Crippen molar-refractivity contribution in [2.75, 3.05) is 38.5 Å². The van der Waals surface area contributed by atoms with Gasteiger partial charge in [-0.3, -0.25) is 14.0 Å². The smallest absolute Gasteiger partial charge is 0.274 e. The number of benzene rings is 1. The maximum Gasteiger partial charge on any atom is 0.274 e. The van der Waals surface area contributed by atoms with E-state index in [0.29, 0.717) is 47.1 Å². The summed E-state index contributed by atoms with van der Waals surface area (Å²) in [7, 11) is 2.06. The number of fused-ring (bicyclic) bond motifs is 1. The van der Waals surface area contributed by atoms with E-state index < -0.39 is 0 Å². The molecule has 1 aromatic carbocycles. The van der Waals surface area contributed by atoms with Crippen molar-refractivity contribution in [1.82, 2.24) is 29.3 Å². The highest BCUT2D eigenvalue weighted by atomic mass is 16.5. The third kappa shape index (κ3) is 4.92. The van der Waals surface area contributed by atoms with Crippen LogP contribution in [0.25, 0.3) is 17.0 Å². The average Bonchev–Trinajstić information content (AvgIpc) is 3.52. The number of nitrogens with one attached hydrogen (secondary N) is 1. The maximum absolute atomic E-state index is 12.9. The molecule has 4 aromatic rings. The lowest BCUT2D eigenvalue weighted by Crippen LogP contribution is -2.47. The van der Waals surface area contributed by atoms with Gasteiger partial charge in [-0.2, -0.15) is 4.98 Å². The quantitative estimate of drug-likeness (QED) is 0.459. The van der Waals surface area contributed by atoms with E-state index in [0.717, 1.165) is 31.7 Å². The first-order chi connectivity index (χ1) is 17.0. The topological polar surface area (TPSA) is 109 Å². The number of anilines is 1. The Labute approximate surface area is 202 Å². The third-order valence-electron chi connectivity index (χ3n) is 6.27. The molecule has 2 amide bonds. The first kappa shape index (κ1) is 22.7. The largest absolute Gasteiger partial charge is 0.340 e. The molecule has 5 rings (SSSR count). The SMILES string of the molecule is Cc1ccc(-c2noc(CCC(=O)N3CCN(C)CC3)n2)cc1NC(=O)c1cnc2ccccn12. The maximum atomic E-state index is 12.9. The van der Waals surface area contributed by atoms with Crippen LogP contribution < -0.4 is 5.32 Å². The van der Waals surface area contributed by atoms with Crippen LogP contribution in [0, 0.1) is 6.92 Å². The van der Waals surface area contributed by atoms with E-state index in [-0.39, 0.29) is 11.8 Å². The van der Waals surface area contributed by atoms with E-state index >= 15 is 0 Å². The summed E-state index contributed by atoms with van der Waals surface area (Å²) in [5.74, 6) is 0.669. The van der Waals surface area contributed by atoms with Crippen molar-refractivity contribution >= 4 is 23.1 Å². The van der Waals surface area contributed by atoms with E-state index in [1.54, 1.807) is 16.8 Å². The molecule has 3 aromatic heterocycles. The van der Waals surface area contributed by atoms with E-state index in [2.05, 4.69) is 32.4 Å². The molecule has 35 heavy (non-hydrogen) atoms. The van der Waals surface area contributed by atoms with Gasteiger partial charge >= 0.3 is 0 Å². The van der Waals surface area contributed by atoms with Crippen molar-refractivity contribution < 1.29 is 14.1 Å². The fourth-order valence-electron chi connectivity index (χ4n) is 4.08. The van der Waals surface area contributed by atoms with Gasteiger partial charge in [0.15, 0.2) is 0 Å². The number of imidazole rings is 1. The molecule has 1 fully saturated rings. The molecule has 0 atom stereocenters. The van der Waals surface area contributed by atoms with Crippen LogP contribution in [-0.4, -0.2) is 74.4 Å². The number of amides is 2. The van der Waals surface area contributed by atoms with Crippen LogP contribution in [0.15, 0.2) is 53.3 Å². The zero-order chi connectivity index (χ0) is 24.4. The van der Waals surface area contributed by atoms with E-state index in [1.165, 1.54) is 0 Å². The number of aromatic nitrogens is 4. The number of pyridine rings is 1. The van der Waals surface area contributed by atoms with Crippen LogP contribution in [-0.2, 0) is 11.2 Å². The van der Waals surface area contributed by atoms with Crippen molar-refractivity contribution in [3.05, 3.63) is 65.9 Å². The Hall–Kier alpha value is -4.05. The number of nitrogens with zero attached hydrogens (tertiary/aromatic N) is 6. The van der Waals surface area contributed by atoms with Gasteiger partial charge in [-0.05, 0) is 37.7 Å². The molecule has 1 aliphatic rings. The Kier molecular flexibility index (Phi) is 6.28. The summed E-state index contributed by atoms with van der Waals surface area (Å²) in [6.07, 6.45) is 4.08. The summed E-state index contributed by atoms with van der Waals surface area (Å²) in [6, 6.07) is 11.2. The number of hydrogen-bond acceptors (Lipinski definition) is 7. The minimum Gasteiger partial charge on any atom is -0.340 e. The van der Waals surface area contributed by atoms with E-state index in [9.17, 15) is 9.59 Å². The Morgan fingerprint density at radius 2 is 1.94 bits per heavy atom. The monoisotopic (exact) mass is 473 g/mol. The number of piperazine rings is 1. The fourth-order valence-corrected chi connectivity index (χ4v) is 4.08. The minimum atomic E-state index is -0.264. The lowest BCUT2D eigenvalue weighted by atomic mass is 10.1. The molecule has 0 unspecified atom stereocenters. The second-order valence-electron chi connectivity index (χ2n) is 8.75. The number of hydrogen-bond donors (Lipinski definition) is 1. The minimum absolute atomic E-state index is 0.102. The summed E-state index contributed by atoms with van der Waals surface area (Å²) < 4.78 is 7.13. The van der Waals surface area contributed by atoms with Crippen LogP contribution >= 0.6 is 0 Å². The zero-order valence-corrected chi connectivity index (χ0v) is 19.8. The highest BCUT2D eigenvalue weighted by molar-refractivity contribution is 6.04. The average molecular weight is 474 g/mol. The van der Waals surface area contributed by atoms with Crippen molar-refractivity contribution in [3.63, 3.8) is 0 Å². The van der Waals surface area contributed by atoms with Crippen molar-refractivity contribution in [2.24, 2.45) is 0 Å². The van der Waals surface area contributed by atoms with Gasteiger partial charge < -0.3 is 19.6 Å². The second kappa shape index (κ2) is 9.67. The predicted molar refractivity (Wildman–Crippen MR) is 130 cm³/mol. The van der Waals surface area contributed by atoms with Crippen LogP contribution in [0.1, 0.15) is 28.4 Å². The van der Waals surface area contributed by atoms with Crippen molar-refractivity contribution in [3.8, 4) is 11.4 Å². The van der Waals surface area contributed by atoms with Gasteiger partial charge in [-0.25, -0.2) is 4.98 Å². The van der Waals surface area contributed by atoms with Crippen LogP contribution in [0.3, 0.4) is 0 Å². The molecule has 180 valence electrons. The number of carbonyl (C=O) groups excluding carboxylic acids is 2. The summed E-state index contributed by atoms with van der Waals surface area (Å²) in [5.41, 5.74) is 3.41. The summed E-state index contributed by atoms with van der Waals surface area (Å²) in [6.45, 7) is 5.19. The molecule has 10 nitrogen and oxygen atoms in total. The molecular weight excluding hydrogens is 446 g/mol. The molecule has 4 heterocycles. The third-order valence-corrected chi connectivity index (χ3v) is 6.27. The Balaban J connectivity index is 1.26. The van der Waals surface area contributed by atoms with Crippen molar-refractivity contribution in [1.29, 1.82) is 0 Å². The molecule has 1 saturated heterocycles. The molecule has 0 radical (unpaired) electrons. The molecule has 0 bridgehead atoms. The van der Waals surface area contributed by atoms with E-state index in [4.69, 9.17) is 4.52 Å². The first-order valence-electron chi connectivity index (χ1n) is 11.6. The molecule has 1 N–H and O–H groups in total. The van der Waals surface area contributed by atoms with Crippen LogP contribution in [0.2, 0.25) is 0 Å². The lowest BCUT2D eigenvalue weighted by Gasteiger charge is -2.32. The van der Waals surface area contributed by atoms with Crippen LogP contribution in [0.5, 0.6) is 0 Å². The number of likely N-dealkylation sites (N-methyl/N-ethyl adjacent to an activating group) is 1. The number of rotatable bonds is 6. The van der Waals surface area contributed by atoms with Gasteiger partial charge in [0.1, 0.15) is 11.3 Å². The normalized spacial score (nSPS) is 14.4. The van der Waals surface area contributed by atoms with Gasteiger partial charge in [-0.1, -0.05) is 23.4 Å². The van der Waals surface area contributed by atoms with Gasteiger partial charge in [0.05, 0.1) is 6.20 Å². The number of aryl methyl sites for hydroxylation is 2. The van der Waals surface area contributed by atoms with E-state index in [1.807, 2.05) is 48.2 Å². The summed E-state index contributed by atoms with van der Waals surface area (Å²) >= 11 is 0. The molecular formula is C25H27N7O3. The predicted octanol–water partition coefficient (Wildman–Crippen LogP) is 2.65. The molecule has 10 heteroatoms. The second-order valence-corrected chi connectivity index (χ2v) is 8.75. The van der Waals surface area contributed by atoms with Gasteiger partial charge in [-0.15, -0.1) is 0 Å². The zero-order valence-electron chi connectivity index (χ0n) is 19.8. The summed E-state index contributed by atoms with van der Waals surface area (Å²) in [5, 5.41) is 7.04. The molecule has 0 aliphatic carbocycles. The lowest BCUT2D eigenvalue weighted by molar-refractivity contribution is -0.132. The Bertz CT molecular complexity index is 1370. The summed E-state index contributed by atoms with van der Waals surface area (Å²) in [4.78, 5) is 38.3. The molecule has 0 saturated carbocycles. The highest BCUT2D eigenvalue weighted by Gasteiger charge is 2.20. The Morgan fingerprint density at radius 1 is 1.11 bits per heavy atom. The molecule has 0 spiro atoms. The van der Waals surface area contributed by atoms with Gasteiger partial charge in [0.2, 0.25) is 17.6 Å². The number of carbonyl (C=O) groups is 2. The highest BCUT2D eigenvalue weighted by Crippen LogP contribution is 2.24. The molecule has 1 aliphatic heterocycles. The van der Waals surface area contributed by atoms with Crippen molar-refractivity contribution in [2.45, 2.75) is 19.8 Å². The van der Waals surface area contributed by atoms with Crippen LogP contribution in [0.4, 0.5) is 5.69 Å². The van der Waals surface area contributed by atoms with Gasteiger partial charge in [0, 0.05) is 56.5 Å².